The molecule has 0 rings (SSSR count). The maximum absolute atomic E-state index is 8.36. The third-order valence-electron chi connectivity index (χ3n) is 0. The average molecular weight is 78.1 g/mol. The summed E-state index contributed by atoms with van der Waals surface area (Å²) in [6.45, 7) is -0.250. The minimum Gasteiger partial charge on any atom is -0.483 e. The topological polar surface area (TPSA) is 37.3 Å². The minimum absolute atomic E-state index is 0. The zero-order valence-electron chi connectivity index (χ0n) is 1.84. The van der Waals surface area contributed by atoms with Crippen LogP contribution in [0.5, 0.6) is 0 Å². The number of rotatable bonds is 0. The molecule has 0 fully saturated rings. The molecule has 0 saturated carbocycles. The summed E-state index contributed by atoms with van der Waals surface area (Å²) in [6.07, 6.45) is 0. The Morgan fingerprint density at radius 3 is 1.75 bits per heavy atom. The zero-order chi connectivity index (χ0) is 2.71. The molecule has 0 heterocycles. The summed E-state index contributed by atoms with van der Waals surface area (Å²) in [4.78, 5) is 8.36. The molecule has 24 valence electrons. The summed E-state index contributed by atoms with van der Waals surface area (Å²) >= 11 is 0. The van der Waals surface area contributed by atoms with Crippen LogP contribution < -0.4 is 0 Å². The van der Waals surface area contributed by atoms with Gasteiger partial charge >= 0.3 is 0 Å². The Bertz CT molecular complexity index is 13.5. The highest BCUT2D eigenvalue weighted by atomic mass is 32.1. The van der Waals surface area contributed by atoms with Crippen molar-refractivity contribution in [1.29, 1.82) is 0 Å². The molecule has 2 nitrogen and oxygen atoms in total. The number of carboxylic acid groups (broad SMARTS) is 1. The van der Waals surface area contributed by atoms with E-state index >= 15 is 0 Å². The Hall–Kier alpha value is -0.180. The molecule has 0 saturated heterocycles. The van der Waals surface area contributed by atoms with Crippen molar-refractivity contribution in [3.8, 4) is 0 Å². The van der Waals surface area contributed by atoms with Crippen LogP contribution in [0.2, 0.25) is 0 Å². The van der Waals surface area contributed by atoms with E-state index in [1.807, 2.05) is 0 Å². The van der Waals surface area contributed by atoms with E-state index in [1.165, 1.54) is 0 Å². The first kappa shape index (κ1) is 9.17. The first-order valence-electron chi connectivity index (χ1n) is 0.494. The molecule has 0 atom stereocenters. The first-order valence-corrected chi connectivity index (χ1v) is 0.494. The summed E-state index contributed by atoms with van der Waals surface area (Å²) in [5.74, 6) is 0. The molecule has 0 aromatic heterocycles. The van der Waals surface area contributed by atoms with E-state index in [2.05, 4.69) is 0 Å². The van der Waals surface area contributed by atoms with Gasteiger partial charge in [-0.1, -0.05) is 0 Å². The number of carbonyl (C=O) groups is 1. The second-order valence-electron chi connectivity index (χ2n) is 0.105. The van der Waals surface area contributed by atoms with Gasteiger partial charge in [-0.25, -0.2) is 0 Å². The second-order valence-corrected chi connectivity index (χ2v) is 0.105. The SMILES string of the molecule is O=CO.[S]. The summed E-state index contributed by atoms with van der Waals surface area (Å²) < 4.78 is 0. The third kappa shape index (κ3) is 37.8. The van der Waals surface area contributed by atoms with E-state index in [-0.39, 0.29) is 20.0 Å². The molecule has 0 aliphatic carbocycles. The molecule has 0 aromatic rings. The van der Waals surface area contributed by atoms with Crippen molar-refractivity contribution in [2.45, 2.75) is 0 Å². The fourth-order valence-electron chi connectivity index (χ4n) is 0. The molecule has 0 aliphatic heterocycles. The van der Waals surface area contributed by atoms with Gasteiger partial charge in [-0.05, 0) is 0 Å². The predicted molar refractivity (Wildman–Crippen MR) is 16.3 cm³/mol. The van der Waals surface area contributed by atoms with Gasteiger partial charge in [0.25, 0.3) is 6.47 Å². The highest BCUT2D eigenvalue weighted by Crippen LogP contribution is 0.966. The van der Waals surface area contributed by atoms with Crippen molar-refractivity contribution in [3.63, 3.8) is 0 Å². The van der Waals surface area contributed by atoms with Gasteiger partial charge in [0.15, 0.2) is 0 Å². The largest absolute Gasteiger partial charge is 0.483 e. The summed E-state index contributed by atoms with van der Waals surface area (Å²) in [7, 11) is 0. The van der Waals surface area contributed by atoms with Gasteiger partial charge in [0, 0.05) is 13.5 Å². The molecule has 0 aromatic carbocycles. The van der Waals surface area contributed by atoms with Crippen LogP contribution >= 0.6 is 13.5 Å². The molecule has 0 amide bonds. The molecule has 4 heavy (non-hydrogen) atoms. The average Bonchev–Trinajstić information content (AvgIpc) is 0.918. The van der Waals surface area contributed by atoms with Crippen LogP contribution in [0.4, 0.5) is 0 Å². The Morgan fingerprint density at radius 2 is 1.75 bits per heavy atom. The lowest BCUT2D eigenvalue weighted by molar-refractivity contribution is -0.122. The summed E-state index contributed by atoms with van der Waals surface area (Å²) in [5.41, 5.74) is 0. The lowest BCUT2D eigenvalue weighted by atomic mass is 11.7. The molecule has 1 N–H and O–H groups in total. The van der Waals surface area contributed by atoms with Crippen molar-refractivity contribution in [2.24, 2.45) is 0 Å². The quantitative estimate of drug-likeness (QED) is 0.424. The van der Waals surface area contributed by atoms with Gasteiger partial charge in [0.05, 0.1) is 0 Å². The normalized spacial score (nSPS) is 3.00. The molecule has 2 radical (unpaired) electrons. The van der Waals surface area contributed by atoms with Crippen LogP contribution in [0.15, 0.2) is 0 Å². The fraction of sp³-hybridized carbons (Fsp3) is 0. The molecule has 0 bridgehead atoms. The van der Waals surface area contributed by atoms with E-state index in [0.29, 0.717) is 0 Å². The van der Waals surface area contributed by atoms with Gasteiger partial charge in [0.1, 0.15) is 0 Å². The summed E-state index contributed by atoms with van der Waals surface area (Å²) in [5, 5.41) is 6.89. The predicted octanol–water partition coefficient (Wildman–Crippen LogP) is 0.349. The molecule has 0 unspecified atom stereocenters. The number of hydrogen-bond acceptors (Lipinski definition) is 1. The van der Waals surface area contributed by atoms with Gasteiger partial charge in [-0.3, -0.25) is 4.79 Å². The Morgan fingerprint density at radius 1 is 1.75 bits per heavy atom. The first-order chi connectivity index (χ1) is 1.41. The third-order valence-corrected chi connectivity index (χ3v) is 0. The maximum atomic E-state index is 8.36. The van der Waals surface area contributed by atoms with Gasteiger partial charge in [-0.2, -0.15) is 0 Å². The number of hydrogen-bond donors (Lipinski definition) is 1. The van der Waals surface area contributed by atoms with Crippen molar-refractivity contribution in [2.75, 3.05) is 0 Å². The highest BCUT2D eigenvalue weighted by Gasteiger charge is 1.22. The van der Waals surface area contributed by atoms with Gasteiger partial charge in [0.2, 0.25) is 0 Å². The second kappa shape index (κ2) is 13.9. The molecule has 3 heteroatoms. The Balaban J connectivity index is 0. The van der Waals surface area contributed by atoms with Gasteiger partial charge in [-0.15, -0.1) is 0 Å². The van der Waals surface area contributed by atoms with E-state index < -0.39 is 0 Å². The van der Waals surface area contributed by atoms with Gasteiger partial charge < -0.3 is 5.11 Å². The standard InChI is InChI=1S/CH2O2.S/c2-1-3;/h1H,(H,2,3);. The molecule has 0 aliphatic rings. The van der Waals surface area contributed by atoms with Crippen LogP contribution in [-0.2, 0) is 4.79 Å². The van der Waals surface area contributed by atoms with Crippen LogP contribution in [0.25, 0.3) is 0 Å². The lowest BCUT2D eigenvalue weighted by Crippen LogP contribution is -1.49. The fourth-order valence-corrected chi connectivity index (χ4v) is 0. The van der Waals surface area contributed by atoms with Crippen LogP contribution in [0.3, 0.4) is 0 Å². The van der Waals surface area contributed by atoms with Crippen molar-refractivity contribution >= 4 is 20.0 Å². The van der Waals surface area contributed by atoms with E-state index in [1.54, 1.807) is 0 Å². The highest BCUT2D eigenvalue weighted by molar-refractivity contribution is 7.59. The van der Waals surface area contributed by atoms with E-state index in [9.17, 15) is 0 Å². The van der Waals surface area contributed by atoms with E-state index in [0.717, 1.165) is 0 Å². The van der Waals surface area contributed by atoms with Crippen molar-refractivity contribution in [1.82, 2.24) is 0 Å². The smallest absolute Gasteiger partial charge is 0.290 e. The lowest BCUT2D eigenvalue weighted by Gasteiger charge is -1.34. The summed E-state index contributed by atoms with van der Waals surface area (Å²) in [6, 6.07) is 0. The van der Waals surface area contributed by atoms with Crippen LogP contribution in [0, 0.1) is 0 Å². The molecular formula is CH2O2S. The maximum Gasteiger partial charge on any atom is 0.290 e. The van der Waals surface area contributed by atoms with Crippen LogP contribution in [-0.4, -0.2) is 11.6 Å². The van der Waals surface area contributed by atoms with Crippen LogP contribution in [0.1, 0.15) is 0 Å². The minimum atomic E-state index is -0.250. The Kier molecular flexibility index (Phi) is 31.9. The monoisotopic (exact) mass is 78.0 g/mol. The zero-order valence-corrected chi connectivity index (χ0v) is 2.66. The van der Waals surface area contributed by atoms with E-state index in [4.69, 9.17) is 9.90 Å². The van der Waals surface area contributed by atoms with Crippen molar-refractivity contribution in [3.05, 3.63) is 0 Å². The molecule has 0 spiro atoms. The Labute approximate surface area is 30.9 Å². The van der Waals surface area contributed by atoms with Crippen molar-refractivity contribution < 1.29 is 9.90 Å². The molecular weight excluding hydrogens is 76.1 g/mol.